The van der Waals surface area contributed by atoms with Crippen LogP contribution in [0.25, 0.3) is 0 Å². The van der Waals surface area contributed by atoms with Gasteiger partial charge in [-0.05, 0) is 53.7 Å². The highest BCUT2D eigenvalue weighted by molar-refractivity contribution is 7.86. The number of benzene rings is 1. The number of halogens is 5. The fourth-order valence-electron chi connectivity index (χ4n) is 2.77. The molecule has 1 aromatic carbocycles. The molecule has 0 aliphatic heterocycles. The molecule has 0 atom stereocenters. The first-order chi connectivity index (χ1) is 10.4. The van der Waals surface area contributed by atoms with Gasteiger partial charge in [0.05, 0.1) is 15.6 Å². The highest BCUT2D eigenvalue weighted by Gasteiger charge is 2.61. The molecule has 24 heavy (non-hydrogen) atoms. The molecule has 7 heteroatoms. The van der Waals surface area contributed by atoms with Crippen molar-refractivity contribution in [1.82, 2.24) is 0 Å². The summed E-state index contributed by atoms with van der Waals surface area (Å²) in [5, 5.41) is 0.116. The van der Waals surface area contributed by atoms with E-state index >= 15 is 0 Å². The molecule has 1 aromatic rings. The zero-order valence-corrected chi connectivity index (χ0v) is 15.7. The molecule has 0 spiro atoms. The van der Waals surface area contributed by atoms with E-state index in [2.05, 4.69) is 11.4 Å². The van der Waals surface area contributed by atoms with E-state index in [4.69, 9.17) is 0 Å². The van der Waals surface area contributed by atoms with Crippen LogP contribution in [0.4, 0.5) is 22.0 Å². The van der Waals surface area contributed by atoms with Crippen molar-refractivity contribution in [2.24, 2.45) is 0 Å². The second-order valence-corrected chi connectivity index (χ2v) is 12.6. The Kier molecular flexibility index (Phi) is 5.39. The Balaban J connectivity index is 3.39. The summed E-state index contributed by atoms with van der Waals surface area (Å²) in [6, 6.07) is 5.50. The summed E-state index contributed by atoms with van der Waals surface area (Å²) in [5.41, 5.74) is 0. The second-order valence-electron chi connectivity index (χ2n) is 7.77. The fraction of sp³-hybridized carbons (Fsp3) is 0.588. The van der Waals surface area contributed by atoms with Crippen LogP contribution in [-0.4, -0.2) is 22.6 Å². The van der Waals surface area contributed by atoms with E-state index in [1.54, 1.807) is 6.07 Å². The van der Waals surface area contributed by atoms with Crippen LogP contribution in [0, 0.1) is 6.66 Å². The van der Waals surface area contributed by atoms with Gasteiger partial charge in [0, 0.05) is 6.07 Å². The maximum absolute atomic E-state index is 13.2. The van der Waals surface area contributed by atoms with Gasteiger partial charge in [0.2, 0.25) is 0 Å². The van der Waals surface area contributed by atoms with E-state index in [0.717, 1.165) is 6.07 Å². The predicted molar refractivity (Wildman–Crippen MR) is 89.5 cm³/mol. The molecule has 0 heterocycles. The lowest BCUT2D eigenvalue weighted by atomic mass is 10.2. The topological polar surface area (TPSA) is 9.23 Å². The second kappa shape index (κ2) is 6.12. The quantitative estimate of drug-likeness (QED) is 0.347. The van der Waals surface area contributed by atoms with E-state index in [1.165, 1.54) is 12.1 Å². The van der Waals surface area contributed by atoms with Gasteiger partial charge in [0.25, 0.3) is 0 Å². The SMILES string of the molecule is [CH2-][P+](c1cccc(OC(F)(F)C(F)(F)F)c1)(C(C)(C)C)C(C)(C)C. The van der Waals surface area contributed by atoms with Crippen LogP contribution in [0.2, 0.25) is 0 Å². The lowest BCUT2D eigenvalue weighted by molar-refractivity contribution is -0.360. The largest absolute Gasteiger partial charge is 0.499 e. The average molecular weight is 370 g/mol. The Morgan fingerprint density at radius 1 is 0.875 bits per heavy atom. The summed E-state index contributed by atoms with van der Waals surface area (Å²) in [6.45, 7) is 16.4. The molecule has 0 fully saturated rings. The molecule has 0 amide bonds. The van der Waals surface area contributed by atoms with Crippen molar-refractivity contribution in [3.8, 4) is 5.75 Å². The summed E-state index contributed by atoms with van der Waals surface area (Å²) in [4.78, 5) is 0. The van der Waals surface area contributed by atoms with Crippen molar-refractivity contribution in [3.05, 3.63) is 30.9 Å². The van der Waals surface area contributed by atoms with Crippen molar-refractivity contribution in [2.45, 2.75) is 64.1 Å². The summed E-state index contributed by atoms with van der Waals surface area (Å²) in [7, 11) is -2.18. The average Bonchev–Trinajstić information content (AvgIpc) is 2.33. The van der Waals surface area contributed by atoms with Crippen molar-refractivity contribution < 1.29 is 26.7 Å². The summed E-state index contributed by atoms with van der Waals surface area (Å²) in [5.74, 6) is -0.517. The molecule has 138 valence electrons. The number of hydrogen-bond acceptors (Lipinski definition) is 1. The summed E-state index contributed by atoms with van der Waals surface area (Å²) < 4.78 is 67.3. The lowest BCUT2D eigenvalue weighted by Gasteiger charge is -2.51. The highest BCUT2D eigenvalue weighted by Crippen LogP contribution is 2.74. The molecule has 0 saturated carbocycles. The Morgan fingerprint density at radius 3 is 1.71 bits per heavy atom. The molecule has 0 N–H and O–H groups in total. The van der Waals surface area contributed by atoms with Crippen LogP contribution in [0.1, 0.15) is 41.5 Å². The van der Waals surface area contributed by atoms with Crippen LogP contribution in [0.15, 0.2) is 24.3 Å². The Hall–Kier alpha value is -0.900. The zero-order chi connectivity index (χ0) is 19.2. The predicted octanol–water partition coefficient (Wildman–Crippen LogP) is 6.25. The van der Waals surface area contributed by atoms with Crippen molar-refractivity contribution >= 4 is 12.6 Å². The summed E-state index contributed by atoms with van der Waals surface area (Å²) >= 11 is 0. The van der Waals surface area contributed by atoms with E-state index in [9.17, 15) is 22.0 Å². The van der Waals surface area contributed by atoms with Gasteiger partial charge in [0.15, 0.2) is 0 Å². The molecule has 0 unspecified atom stereocenters. The molecule has 0 radical (unpaired) electrons. The van der Waals surface area contributed by atoms with Gasteiger partial charge in [0.1, 0.15) is 5.75 Å². The maximum atomic E-state index is 13.2. The normalized spacial score (nSPS) is 14.7. The third-order valence-corrected chi connectivity index (χ3v) is 9.87. The number of ether oxygens (including phenoxy) is 1. The van der Waals surface area contributed by atoms with E-state index in [0.29, 0.717) is 5.30 Å². The van der Waals surface area contributed by atoms with Crippen molar-refractivity contribution in [2.75, 3.05) is 0 Å². The van der Waals surface area contributed by atoms with E-state index in [1.807, 2.05) is 41.5 Å². The molecular weight excluding hydrogens is 346 g/mol. The Bertz CT molecular complexity index is 568. The molecule has 0 saturated heterocycles. The molecule has 1 rings (SSSR count). The minimum atomic E-state index is -5.77. The molecule has 1 nitrogen and oxygen atoms in total. The minimum Gasteiger partial charge on any atom is -0.426 e. The fourth-order valence-corrected chi connectivity index (χ4v) is 7.02. The number of alkyl halides is 5. The number of rotatable bonds is 3. The minimum absolute atomic E-state index is 0.267. The molecule has 0 aliphatic rings. The van der Waals surface area contributed by atoms with E-state index in [-0.39, 0.29) is 10.3 Å². The molecule has 0 bridgehead atoms. The maximum Gasteiger partial charge on any atom is 0.499 e. The third-order valence-electron chi connectivity index (χ3n) is 4.12. The molecule has 0 aliphatic carbocycles. The van der Waals surface area contributed by atoms with Crippen LogP contribution in [-0.2, 0) is 0 Å². The zero-order valence-electron chi connectivity index (χ0n) is 14.8. The van der Waals surface area contributed by atoms with Crippen LogP contribution in [0.5, 0.6) is 5.75 Å². The van der Waals surface area contributed by atoms with Gasteiger partial charge < -0.3 is 4.74 Å². The van der Waals surface area contributed by atoms with Gasteiger partial charge in [-0.1, -0.05) is 13.3 Å². The summed E-state index contributed by atoms with van der Waals surface area (Å²) in [6.07, 6.45) is -11.0. The highest BCUT2D eigenvalue weighted by atomic mass is 31.2. The first-order valence-electron chi connectivity index (χ1n) is 7.41. The lowest BCUT2D eigenvalue weighted by Crippen LogP contribution is -2.42. The monoisotopic (exact) mass is 370 g/mol. The molecule has 0 aromatic heterocycles. The van der Waals surface area contributed by atoms with Gasteiger partial charge >= 0.3 is 12.3 Å². The van der Waals surface area contributed by atoms with Gasteiger partial charge in [-0.15, -0.1) is 0 Å². The Labute approximate surface area is 140 Å². The van der Waals surface area contributed by atoms with Gasteiger partial charge in [-0.25, -0.2) is 0 Å². The van der Waals surface area contributed by atoms with Crippen LogP contribution >= 0.6 is 7.26 Å². The van der Waals surface area contributed by atoms with Crippen molar-refractivity contribution in [3.63, 3.8) is 0 Å². The van der Waals surface area contributed by atoms with Crippen LogP contribution < -0.4 is 10.0 Å². The first-order valence-corrected chi connectivity index (χ1v) is 9.39. The first kappa shape index (κ1) is 21.1. The third kappa shape index (κ3) is 3.84. The standard InChI is InChI=1S/C17H24F5OP/c1-14(2,3)24(7,15(4,5)6)13-10-8-9-12(11-13)23-17(21,22)16(18,19)20/h8-11H,7H2,1-6H3. The Morgan fingerprint density at radius 2 is 1.33 bits per heavy atom. The van der Waals surface area contributed by atoms with Gasteiger partial charge in [-0.2, -0.15) is 28.6 Å². The number of hydrogen-bond donors (Lipinski definition) is 0. The van der Waals surface area contributed by atoms with Crippen LogP contribution in [0.3, 0.4) is 0 Å². The van der Waals surface area contributed by atoms with Gasteiger partial charge in [-0.3, -0.25) is 0 Å². The molecular formula is C17H24F5OP. The van der Waals surface area contributed by atoms with E-state index < -0.39 is 25.3 Å². The van der Waals surface area contributed by atoms with Crippen molar-refractivity contribution in [1.29, 1.82) is 0 Å². The smallest absolute Gasteiger partial charge is 0.426 e.